The number of carboxylic acids is 4. The van der Waals surface area contributed by atoms with Crippen molar-refractivity contribution in [2.75, 3.05) is 13.2 Å². The summed E-state index contributed by atoms with van der Waals surface area (Å²) in [6.45, 7) is 1.45. The maximum Gasteiger partial charge on any atom is 3.00 e. The Kier molecular flexibility index (Phi) is 44.8. The molecule has 0 aliphatic rings. The predicted molar refractivity (Wildman–Crippen MR) is 132 cm³/mol. The molecule has 0 aliphatic heterocycles. The van der Waals surface area contributed by atoms with E-state index in [4.69, 9.17) is 155 Å². The number of carboxylic acid groups (broad SMARTS) is 4. The Labute approximate surface area is 311 Å². The summed E-state index contributed by atoms with van der Waals surface area (Å²) in [5.74, 6) is -6.84. The van der Waals surface area contributed by atoms with Gasteiger partial charge < -0.3 is 54.9 Å². The van der Waals surface area contributed by atoms with Gasteiger partial charge >= 0.3 is 63.0 Å². The van der Waals surface area contributed by atoms with Crippen molar-refractivity contribution in [1.29, 1.82) is 0 Å². The Balaban J connectivity index is -0.0000000612. The van der Waals surface area contributed by atoms with Crippen LogP contribution in [0.1, 0.15) is 6.92 Å². The number of alkyl halides is 12. The first-order valence-corrected chi connectivity index (χ1v) is 14.4. The van der Waals surface area contributed by atoms with E-state index in [0.717, 1.165) is 0 Å². The monoisotopic (exact) mass is 918 g/mol. The molecule has 0 saturated heterocycles. The van der Waals surface area contributed by atoms with Gasteiger partial charge in [-0.1, -0.05) is 139 Å². The zero-order chi connectivity index (χ0) is 32.0. The quantitative estimate of drug-likeness (QED) is 0.242. The molecular formula is C13H13Cl12O11YZn. The molecule has 0 atom stereocenters. The number of aliphatic carboxylic acids is 4. The summed E-state index contributed by atoms with van der Waals surface area (Å²) in [5, 5.41) is 63.4. The van der Waals surface area contributed by atoms with Gasteiger partial charge in [0.25, 0.3) is 0 Å². The van der Waals surface area contributed by atoms with Crippen LogP contribution in [0.2, 0.25) is 5.02 Å². The van der Waals surface area contributed by atoms with Crippen LogP contribution in [0.25, 0.3) is 0 Å². The van der Waals surface area contributed by atoms with E-state index >= 15 is 0 Å². The first kappa shape index (κ1) is 56.7. The molecule has 0 saturated carbocycles. The predicted octanol–water partition coefficient (Wildman–Crippen LogP) is -0.273. The summed E-state index contributed by atoms with van der Waals surface area (Å²) in [5.41, 5.74) is 0. The molecule has 0 fully saturated rings. The Bertz CT molecular complexity index is 538. The van der Waals surface area contributed by atoms with Crippen LogP contribution in [0.15, 0.2) is 0 Å². The number of hydrogen-bond donors (Lipinski definition) is 3. The fraction of sp³-hybridized carbons (Fsp3) is 0.692. The van der Waals surface area contributed by atoms with Gasteiger partial charge in [-0.2, -0.15) is 0 Å². The van der Waals surface area contributed by atoms with E-state index in [0.29, 0.717) is 0 Å². The zero-order valence-corrected chi connectivity index (χ0v) is 33.0. The number of halogens is 12. The fourth-order valence-electron chi connectivity index (χ4n) is 0.0577. The van der Waals surface area contributed by atoms with Gasteiger partial charge in [0.15, 0.2) is 0 Å². The van der Waals surface area contributed by atoms with Crippen molar-refractivity contribution in [1.82, 2.24) is 0 Å². The molecule has 220 valence electrons. The molecule has 25 heteroatoms. The van der Waals surface area contributed by atoms with Gasteiger partial charge in [-0.05, 0) is 0 Å². The van der Waals surface area contributed by atoms with Gasteiger partial charge in [-0.15, -0.1) is 0 Å². The second-order valence-electron chi connectivity index (χ2n) is 4.66. The van der Waals surface area contributed by atoms with Crippen LogP contribution >= 0.6 is 139 Å². The molecule has 0 bridgehead atoms. The van der Waals surface area contributed by atoms with Crippen LogP contribution in [0.5, 0.6) is 0 Å². The molecular weight excluding hydrogens is 912 g/mol. The molecule has 11 nitrogen and oxygen atoms in total. The number of rotatable bonds is 2. The fourth-order valence-corrected chi connectivity index (χ4v) is 0.0577. The second kappa shape index (κ2) is 30.0. The van der Waals surface area contributed by atoms with Crippen molar-refractivity contribution >= 4 is 163 Å². The summed E-state index contributed by atoms with van der Waals surface area (Å²) in [6, 6.07) is 0. The standard InChI is InChI=1S/C3H8O3.4C2HCl3O2.C2H5.Y.Zn/c4-1-3(6)2-5;4*3-2(4,5)1(6)7;1-2;;/h3-6H,1-2H2;4*(H,6,7);1H2,2H3;;/q;;;;;;+3;+1/p-4. The average Bonchev–Trinajstić information content (AvgIpc) is 2.66. The molecule has 0 aromatic carbocycles. The normalized spacial score (nSPS) is 10.4. The number of aliphatic hydroxyl groups excluding tert-OH is 3. The molecule has 0 amide bonds. The summed E-state index contributed by atoms with van der Waals surface area (Å²) >= 11 is 58.3. The number of aliphatic hydroxyl groups is 3. The van der Waals surface area contributed by atoms with E-state index < -0.39 is 45.2 Å². The van der Waals surface area contributed by atoms with Crippen LogP contribution in [-0.4, -0.2) is 73.7 Å². The van der Waals surface area contributed by atoms with E-state index in [9.17, 15) is 39.6 Å². The van der Waals surface area contributed by atoms with Crippen LogP contribution in [-0.2, 0) is 70.2 Å². The van der Waals surface area contributed by atoms with E-state index in [2.05, 4.69) is 6.92 Å². The SMILES string of the molecule is C[CH2][Zn+].O=C([O-])C(Cl)(Cl)Cl.O=C([O-])C(Cl)(Cl)Cl.O=C([O-])C(Cl)(Cl)Cl.O=C([O-])C(Cl)(Cl)Cl.OCC(O)CO.[Y+3]. The van der Waals surface area contributed by atoms with Crippen molar-refractivity contribution in [3.8, 4) is 0 Å². The first-order valence-electron chi connectivity index (χ1n) is 7.82. The molecule has 0 heterocycles. The van der Waals surface area contributed by atoms with Gasteiger partial charge in [-0.25, -0.2) is 0 Å². The number of carbonyl (C=O) groups is 4. The summed E-state index contributed by atoms with van der Waals surface area (Å²) in [6.07, 6.45) is -0.954. The maximum absolute atomic E-state index is 9.51. The van der Waals surface area contributed by atoms with E-state index in [1.165, 1.54) is 23.3 Å². The average molecular weight is 925 g/mol. The third kappa shape index (κ3) is 58.6. The van der Waals surface area contributed by atoms with Crippen molar-refractivity contribution in [3.63, 3.8) is 0 Å². The van der Waals surface area contributed by atoms with Crippen LogP contribution in [0, 0.1) is 0 Å². The van der Waals surface area contributed by atoms with Crippen LogP contribution < -0.4 is 20.4 Å². The minimum absolute atomic E-state index is 0. The molecule has 38 heavy (non-hydrogen) atoms. The second-order valence-corrected chi connectivity index (χ2v) is 15.9. The summed E-state index contributed by atoms with van der Waals surface area (Å²) in [7, 11) is 0. The molecule has 0 unspecified atom stereocenters. The molecule has 0 radical (unpaired) electrons. The van der Waals surface area contributed by atoms with Gasteiger partial charge in [0.1, 0.15) is 6.10 Å². The topological polar surface area (TPSA) is 221 Å². The molecule has 0 aromatic rings. The van der Waals surface area contributed by atoms with Crippen molar-refractivity contribution in [3.05, 3.63) is 0 Å². The number of carbonyl (C=O) groups excluding carboxylic acids is 4. The van der Waals surface area contributed by atoms with Crippen LogP contribution in [0.4, 0.5) is 0 Å². The van der Waals surface area contributed by atoms with Crippen LogP contribution in [0.3, 0.4) is 0 Å². The van der Waals surface area contributed by atoms with Gasteiger partial charge in [0.05, 0.1) is 37.1 Å². The molecule has 0 aliphatic carbocycles. The van der Waals surface area contributed by atoms with Gasteiger partial charge in [0, 0.05) is 0 Å². The number of hydrogen-bond acceptors (Lipinski definition) is 11. The third-order valence-electron chi connectivity index (χ3n) is 1.35. The summed E-state index contributed by atoms with van der Waals surface area (Å²) in [4.78, 5) is 38.1. The van der Waals surface area contributed by atoms with Crippen molar-refractivity contribution < 1.29 is 106 Å². The van der Waals surface area contributed by atoms with Crippen molar-refractivity contribution in [2.45, 2.75) is 33.2 Å². The third-order valence-corrected chi connectivity index (χ3v) is 3.20. The Morgan fingerprint density at radius 3 is 0.684 bits per heavy atom. The minimum atomic E-state index is -2.28. The Hall–Kier alpha value is 2.97. The largest absolute Gasteiger partial charge is 3.00 e. The van der Waals surface area contributed by atoms with E-state index in [-0.39, 0.29) is 45.9 Å². The first-order chi connectivity index (χ1) is 16.0. The molecule has 3 N–H and O–H groups in total. The smallest absolute Gasteiger partial charge is 0.545 e. The Morgan fingerprint density at radius 2 is 0.684 bits per heavy atom. The van der Waals surface area contributed by atoms with E-state index in [1.807, 2.05) is 0 Å². The minimum Gasteiger partial charge on any atom is -0.545 e. The van der Waals surface area contributed by atoms with Gasteiger partial charge in [0.2, 0.25) is 15.2 Å². The molecule has 0 rings (SSSR count). The maximum atomic E-state index is 9.51. The Morgan fingerprint density at radius 1 is 0.605 bits per heavy atom. The zero-order valence-electron chi connectivity index (χ0n) is 18.1. The van der Waals surface area contributed by atoms with Gasteiger partial charge in [-0.3, -0.25) is 0 Å². The van der Waals surface area contributed by atoms with Crippen molar-refractivity contribution in [2.24, 2.45) is 0 Å². The molecule has 0 spiro atoms. The molecule has 0 aromatic heterocycles. The summed E-state index contributed by atoms with van der Waals surface area (Å²) < 4.78 is -9.11. The van der Waals surface area contributed by atoms with E-state index in [1.54, 1.807) is 0 Å².